The Morgan fingerprint density at radius 3 is 2.89 bits per heavy atom. The molecule has 2 heterocycles. The van der Waals surface area contributed by atoms with Gasteiger partial charge in [0.15, 0.2) is 0 Å². The molecular formula is C12H16N2O4S. The Morgan fingerprint density at radius 2 is 2.42 bits per heavy atom. The zero-order chi connectivity index (χ0) is 14.0. The van der Waals surface area contributed by atoms with Gasteiger partial charge in [-0.15, -0.1) is 0 Å². The summed E-state index contributed by atoms with van der Waals surface area (Å²) in [6.45, 7) is 3.72. The molecule has 104 valence electrons. The van der Waals surface area contributed by atoms with Crippen LogP contribution >= 0.6 is 11.3 Å². The number of likely N-dealkylation sites (tertiary alicyclic amines) is 1. The molecule has 0 amide bonds. The number of carboxylic acid groups (broad SMARTS) is 1. The smallest absolute Gasteiger partial charge is 0.324 e. The molecule has 0 spiro atoms. The first-order valence-electron chi connectivity index (χ1n) is 6.14. The van der Waals surface area contributed by atoms with Crippen molar-refractivity contribution >= 4 is 22.3 Å². The number of thiophene rings is 1. The van der Waals surface area contributed by atoms with Crippen molar-refractivity contribution in [2.24, 2.45) is 5.41 Å². The molecule has 1 unspecified atom stereocenters. The van der Waals surface area contributed by atoms with Crippen molar-refractivity contribution in [3.05, 3.63) is 27.1 Å². The quantitative estimate of drug-likeness (QED) is 0.662. The van der Waals surface area contributed by atoms with E-state index >= 15 is 0 Å². The largest absolute Gasteiger partial charge is 0.481 e. The summed E-state index contributed by atoms with van der Waals surface area (Å²) in [5.41, 5.74) is 0.232. The summed E-state index contributed by atoms with van der Waals surface area (Å²) in [4.78, 5) is 23.6. The predicted octanol–water partition coefficient (Wildman–Crippen LogP) is 2.34. The molecular weight excluding hydrogens is 268 g/mol. The Bertz CT molecular complexity index is 502. The molecule has 0 radical (unpaired) electrons. The minimum Gasteiger partial charge on any atom is -0.481 e. The van der Waals surface area contributed by atoms with E-state index in [4.69, 9.17) is 0 Å². The normalized spacial score (nSPS) is 23.6. The van der Waals surface area contributed by atoms with Crippen LogP contribution in [0.15, 0.2) is 11.4 Å². The Balaban J connectivity index is 2.01. The van der Waals surface area contributed by atoms with Crippen LogP contribution in [0.4, 0.5) is 5.00 Å². The lowest BCUT2D eigenvalue weighted by Gasteiger charge is -2.22. The molecule has 1 atom stereocenters. The van der Waals surface area contributed by atoms with Crippen molar-refractivity contribution in [3.63, 3.8) is 0 Å². The molecule has 19 heavy (non-hydrogen) atoms. The van der Waals surface area contributed by atoms with E-state index in [2.05, 4.69) is 4.90 Å². The average molecular weight is 284 g/mol. The summed E-state index contributed by atoms with van der Waals surface area (Å²) in [5.74, 6) is -0.742. The highest BCUT2D eigenvalue weighted by molar-refractivity contribution is 7.13. The molecule has 1 fully saturated rings. The van der Waals surface area contributed by atoms with E-state index in [-0.39, 0.29) is 5.00 Å². The summed E-state index contributed by atoms with van der Waals surface area (Å²) >= 11 is 1.11. The number of nitrogens with zero attached hydrogens (tertiary/aromatic N) is 2. The Labute approximate surface area is 114 Å². The lowest BCUT2D eigenvalue weighted by Crippen LogP contribution is -2.33. The average Bonchev–Trinajstić information content (AvgIpc) is 2.97. The number of aliphatic carboxylic acids is 1. The number of hydrogen-bond acceptors (Lipinski definition) is 5. The molecule has 1 aromatic heterocycles. The lowest BCUT2D eigenvalue weighted by atomic mass is 9.84. The second kappa shape index (κ2) is 5.26. The molecule has 0 bridgehead atoms. The zero-order valence-corrected chi connectivity index (χ0v) is 11.5. The number of hydrogen-bond donors (Lipinski definition) is 1. The second-order valence-electron chi connectivity index (χ2n) is 4.95. The maximum Gasteiger partial charge on any atom is 0.324 e. The number of nitro groups is 1. The van der Waals surface area contributed by atoms with Gasteiger partial charge in [0.05, 0.1) is 10.3 Å². The van der Waals surface area contributed by atoms with Gasteiger partial charge < -0.3 is 5.11 Å². The molecule has 6 nitrogen and oxygen atoms in total. The Kier molecular flexibility index (Phi) is 3.86. The lowest BCUT2D eigenvalue weighted by molar-refractivity contribution is -0.380. The van der Waals surface area contributed by atoms with E-state index in [0.717, 1.165) is 23.4 Å². The van der Waals surface area contributed by atoms with Crippen LogP contribution in [-0.4, -0.2) is 34.0 Å². The van der Waals surface area contributed by atoms with Crippen molar-refractivity contribution in [3.8, 4) is 0 Å². The standard InChI is InChI=1S/C12H16N2O4S/c1-2-12(11(15)16)3-4-13(8-12)6-9-5-10(14(17)18)19-7-9/h5,7H,2-4,6,8H2,1H3,(H,15,16). The number of carbonyl (C=O) groups is 1. The first-order valence-corrected chi connectivity index (χ1v) is 7.02. The van der Waals surface area contributed by atoms with Crippen LogP contribution in [0.3, 0.4) is 0 Å². The molecule has 1 saturated heterocycles. The van der Waals surface area contributed by atoms with Gasteiger partial charge in [0.1, 0.15) is 0 Å². The van der Waals surface area contributed by atoms with Crippen LogP contribution in [0.2, 0.25) is 0 Å². The third kappa shape index (κ3) is 2.76. The van der Waals surface area contributed by atoms with Crippen LogP contribution in [0.1, 0.15) is 25.3 Å². The fraction of sp³-hybridized carbons (Fsp3) is 0.583. The predicted molar refractivity (Wildman–Crippen MR) is 71.2 cm³/mol. The second-order valence-corrected chi connectivity index (χ2v) is 5.84. The highest BCUT2D eigenvalue weighted by Gasteiger charge is 2.43. The van der Waals surface area contributed by atoms with Crippen LogP contribution in [0, 0.1) is 15.5 Å². The third-order valence-electron chi connectivity index (χ3n) is 3.79. The van der Waals surface area contributed by atoms with E-state index in [1.807, 2.05) is 6.92 Å². The van der Waals surface area contributed by atoms with Crippen LogP contribution in [0.5, 0.6) is 0 Å². The van der Waals surface area contributed by atoms with Crippen LogP contribution < -0.4 is 0 Å². The molecule has 1 aliphatic heterocycles. The fourth-order valence-electron chi connectivity index (χ4n) is 2.51. The number of carboxylic acids is 1. The summed E-state index contributed by atoms with van der Waals surface area (Å²) in [7, 11) is 0. The van der Waals surface area contributed by atoms with Gasteiger partial charge in [0, 0.05) is 24.5 Å². The van der Waals surface area contributed by atoms with Gasteiger partial charge in [-0.1, -0.05) is 18.3 Å². The maximum absolute atomic E-state index is 11.3. The summed E-state index contributed by atoms with van der Waals surface area (Å²) in [6, 6.07) is 1.57. The van der Waals surface area contributed by atoms with Gasteiger partial charge >= 0.3 is 11.0 Å². The summed E-state index contributed by atoms with van der Waals surface area (Å²) < 4.78 is 0. The fourth-order valence-corrected chi connectivity index (χ4v) is 3.23. The topological polar surface area (TPSA) is 83.7 Å². The Morgan fingerprint density at radius 1 is 1.68 bits per heavy atom. The van der Waals surface area contributed by atoms with E-state index in [0.29, 0.717) is 25.9 Å². The van der Waals surface area contributed by atoms with Gasteiger partial charge in [0.2, 0.25) is 0 Å². The van der Waals surface area contributed by atoms with E-state index in [1.54, 1.807) is 11.4 Å². The molecule has 1 N–H and O–H groups in total. The first-order chi connectivity index (χ1) is 8.97. The molecule has 1 aromatic rings. The highest BCUT2D eigenvalue weighted by Crippen LogP contribution is 2.35. The van der Waals surface area contributed by atoms with Crippen molar-refractivity contribution in [2.45, 2.75) is 26.3 Å². The van der Waals surface area contributed by atoms with Crippen molar-refractivity contribution in [1.29, 1.82) is 0 Å². The van der Waals surface area contributed by atoms with Crippen LogP contribution in [-0.2, 0) is 11.3 Å². The van der Waals surface area contributed by atoms with Gasteiger partial charge in [0.25, 0.3) is 0 Å². The van der Waals surface area contributed by atoms with Crippen molar-refractivity contribution in [2.75, 3.05) is 13.1 Å². The summed E-state index contributed by atoms with van der Waals surface area (Å²) in [6.07, 6.45) is 1.26. The Hall–Kier alpha value is -1.47. The van der Waals surface area contributed by atoms with Crippen molar-refractivity contribution in [1.82, 2.24) is 4.90 Å². The van der Waals surface area contributed by atoms with Gasteiger partial charge in [-0.2, -0.15) is 0 Å². The molecule has 7 heteroatoms. The third-order valence-corrected chi connectivity index (χ3v) is 4.72. The molecule has 0 aromatic carbocycles. The minimum atomic E-state index is -0.742. The molecule has 0 saturated carbocycles. The van der Waals surface area contributed by atoms with Crippen molar-refractivity contribution < 1.29 is 14.8 Å². The summed E-state index contributed by atoms with van der Waals surface area (Å²) in [5, 5.41) is 21.8. The van der Waals surface area contributed by atoms with Gasteiger partial charge in [-0.3, -0.25) is 19.8 Å². The molecule has 0 aliphatic carbocycles. The van der Waals surface area contributed by atoms with Gasteiger partial charge in [-0.25, -0.2) is 0 Å². The van der Waals surface area contributed by atoms with E-state index in [1.165, 1.54) is 0 Å². The maximum atomic E-state index is 11.3. The minimum absolute atomic E-state index is 0.134. The molecule has 2 rings (SSSR count). The van der Waals surface area contributed by atoms with E-state index in [9.17, 15) is 20.0 Å². The van der Waals surface area contributed by atoms with Crippen LogP contribution in [0.25, 0.3) is 0 Å². The number of rotatable bonds is 5. The SMILES string of the molecule is CCC1(C(=O)O)CCN(Cc2csc([N+](=O)[O-])c2)C1. The highest BCUT2D eigenvalue weighted by atomic mass is 32.1. The molecule has 1 aliphatic rings. The monoisotopic (exact) mass is 284 g/mol. The first kappa shape index (κ1) is 14.0. The van der Waals surface area contributed by atoms with E-state index < -0.39 is 16.3 Å². The zero-order valence-electron chi connectivity index (χ0n) is 10.7. The van der Waals surface area contributed by atoms with Gasteiger partial charge in [-0.05, 0) is 24.9 Å².